The normalized spacial score (nSPS) is 12.6. The van der Waals surface area contributed by atoms with E-state index in [1.807, 2.05) is 0 Å². The number of carbonyl (C=O) groups is 1. The number of alkyl halides is 3. The number of hydrogen-bond acceptors (Lipinski definition) is 2. The molecule has 0 heterocycles. The molecule has 0 aliphatic heterocycles. The minimum absolute atomic E-state index is 0.0330. The van der Waals surface area contributed by atoms with E-state index in [1.165, 1.54) is 19.1 Å². The van der Waals surface area contributed by atoms with Crippen molar-refractivity contribution in [2.24, 2.45) is 5.92 Å². The molecular formula is C12H11F3N2O. The SMILES string of the molecule is CC(C#N)C(=O)NCc1cccc(C(F)(F)F)c1. The molecule has 0 bridgehead atoms. The summed E-state index contributed by atoms with van der Waals surface area (Å²) >= 11 is 0. The van der Waals surface area contributed by atoms with Crippen molar-refractivity contribution in [2.75, 3.05) is 0 Å². The molecule has 0 spiro atoms. The summed E-state index contributed by atoms with van der Waals surface area (Å²) in [5, 5.41) is 10.9. The lowest BCUT2D eigenvalue weighted by Crippen LogP contribution is -2.27. The molecule has 18 heavy (non-hydrogen) atoms. The van der Waals surface area contributed by atoms with Gasteiger partial charge in [0.15, 0.2) is 0 Å². The van der Waals surface area contributed by atoms with Gasteiger partial charge in [0.2, 0.25) is 5.91 Å². The highest BCUT2D eigenvalue weighted by molar-refractivity contribution is 5.80. The van der Waals surface area contributed by atoms with Gasteiger partial charge in [0.25, 0.3) is 0 Å². The van der Waals surface area contributed by atoms with Crippen molar-refractivity contribution in [3.63, 3.8) is 0 Å². The highest BCUT2D eigenvalue weighted by Crippen LogP contribution is 2.29. The van der Waals surface area contributed by atoms with Gasteiger partial charge < -0.3 is 5.32 Å². The number of nitriles is 1. The van der Waals surface area contributed by atoms with Gasteiger partial charge in [-0.15, -0.1) is 0 Å². The minimum atomic E-state index is -4.40. The highest BCUT2D eigenvalue weighted by atomic mass is 19.4. The van der Waals surface area contributed by atoms with Gasteiger partial charge in [-0.2, -0.15) is 18.4 Å². The number of nitrogens with zero attached hydrogens (tertiary/aromatic N) is 1. The van der Waals surface area contributed by atoms with Gasteiger partial charge >= 0.3 is 6.18 Å². The summed E-state index contributed by atoms with van der Waals surface area (Å²) < 4.78 is 37.3. The first kappa shape index (κ1) is 14.0. The zero-order chi connectivity index (χ0) is 13.8. The first-order valence-electron chi connectivity index (χ1n) is 5.18. The van der Waals surface area contributed by atoms with E-state index in [9.17, 15) is 18.0 Å². The van der Waals surface area contributed by atoms with Crippen molar-refractivity contribution >= 4 is 5.91 Å². The van der Waals surface area contributed by atoms with Gasteiger partial charge in [0, 0.05) is 6.54 Å². The van der Waals surface area contributed by atoms with Crippen LogP contribution >= 0.6 is 0 Å². The molecule has 6 heteroatoms. The number of carbonyl (C=O) groups excluding carboxylic acids is 1. The van der Waals surface area contributed by atoms with Crippen LogP contribution < -0.4 is 5.32 Å². The van der Waals surface area contributed by atoms with Gasteiger partial charge in [-0.1, -0.05) is 12.1 Å². The van der Waals surface area contributed by atoms with Crippen molar-refractivity contribution in [3.8, 4) is 6.07 Å². The number of amides is 1. The average Bonchev–Trinajstić information content (AvgIpc) is 2.34. The Kier molecular flexibility index (Phi) is 4.32. The third-order valence-electron chi connectivity index (χ3n) is 2.31. The predicted octanol–water partition coefficient (Wildman–Crippen LogP) is 2.48. The van der Waals surface area contributed by atoms with Gasteiger partial charge in [0.1, 0.15) is 5.92 Å². The molecular weight excluding hydrogens is 245 g/mol. The summed E-state index contributed by atoms with van der Waals surface area (Å²) in [6.07, 6.45) is -4.40. The third kappa shape index (κ3) is 3.77. The topological polar surface area (TPSA) is 52.9 Å². The van der Waals surface area contributed by atoms with Crippen LogP contribution in [0.4, 0.5) is 13.2 Å². The second-order valence-corrected chi connectivity index (χ2v) is 3.77. The smallest absolute Gasteiger partial charge is 0.351 e. The lowest BCUT2D eigenvalue weighted by Gasteiger charge is -2.10. The first-order valence-corrected chi connectivity index (χ1v) is 5.18. The number of hydrogen-bond donors (Lipinski definition) is 1. The molecule has 0 aliphatic rings. The number of halogens is 3. The molecule has 0 aliphatic carbocycles. The Morgan fingerprint density at radius 3 is 2.72 bits per heavy atom. The fraction of sp³-hybridized carbons (Fsp3) is 0.333. The largest absolute Gasteiger partial charge is 0.416 e. The van der Waals surface area contributed by atoms with Gasteiger partial charge in [-0.3, -0.25) is 4.79 Å². The van der Waals surface area contributed by atoms with Crippen LogP contribution in [0.15, 0.2) is 24.3 Å². The highest BCUT2D eigenvalue weighted by Gasteiger charge is 2.30. The first-order chi connectivity index (χ1) is 8.34. The van der Waals surface area contributed by atoms with E-state index in [0.29, 0.717) is 5.56 Å². The molecule has 0 saturated carbocycles. The van der Waals surface area contributed by atoms with Crippen LogP contribution in [0.5, 0.6) is 0 Å². The summed E-state index contributed by atoms with van der Waals surface area (Å²) in [7, 11) is 0. The van der Waals surface area contributed by atoms with E-state index in [2.05, 4.69) is 5.32 Å². The molecule has 3 nitrogen and oxygen atoms in total. The number of benzene rings is 1. The van der Waals surface area contributed by atoms with Crippen LogP contribution in [0.1, 0.15) is 18.1 Å². The monoisotopic (exact) mass is 256 g/mol. The van der Waals surface area contributed by atoms with Crippen molar-refractivity contribution in [1.29, 1.82) is 5.26 Å². The Hall–Kier alpha value is -2.03. The molecule has 1 aromatic rings. The lowest BCUT2D eigenvalue weighted by atomic mass is 10.1. The second kappa shape index (κ2) is 5.54. The summed E-state index contributed by atoms with van der Waals surface area (Å²) in [4.78, 5) is 11.3. The van der Waals surface area contributed by atoms with Crippen molar-refractivity contribution in [1.82, 2.24) is 5.32 Å². The molecule has 96 valence electrons. The number of nitrogens with one attached hydrogen (secondary N) is 1. The van der Waals surface area contributed by atoms with Gasteiger partial charge in [-0.25, -0.2) is 0 Å². The van der Waals surface area contributed by atoms with Crippen LogP contribution in [-0.4, -0.2) is 5.91 Å². The summed E-state index contributed by atoms with van der Waals surface area (Å²) in [5.41, 5.74) is -0.425. The fourth-order valence-corrected chi connectivity index (χ4v) is 1.26. The van der Waals surface area contributed by atoms with E-state index < -0.39 is 23.6 Å². The van der Waals surface area contributed by atoms with Crippen molar-refractivity contribution in [3.05, 3.63) is 35.4 Å². The van der Waals surface area contributed by atoms with Crippen LogP contribution in [0.2, 0.25) is 0 Å². The average molecular weight is 256 g/mol. The molecule has 0 radical (unpaired) electrons. The Labute approximate surface area is 102 Å². The standard InChI is InChI=1S/C12H11F3N2O/c1-8(6-16)11(18)17-7-9-3-2-4-10(5-9)12(13,14)15/h2-5,8H,7H2,1H3,(H,17,18). The Morgan fingerprint density at radius 2 is 2.17 bits per heavy atom. The maximum absolute atomic E-state index is 12.4. The quantitative estimate of drug-likeness (QED) is 0.903. The van der Waals surface area contributed by atoms with Crippen molar-refractivity contribution in [2.45, 2.75) is 19.6 Å². The van der Waals surface area contributed by atoms with E-state index in [-0.39, 0.29) is 6.54 Å². The van der Waals surface area contributed by atoms with Crippen LogP contribution in [0.3, 0.4) is 0 Å². The summed E-state index contributed by atoms with van der Waals surface area (Å²) in [5.74, 6) is -1.33. The zero-order valence-electron chi connectivity index (χ0n) is 9.58. The van der Waals surface area contributed by atoms with Crippen LogP contribution in [0.25, 0.3) is 0 Å². The van der Waals surface area contributed by atoms with E-state index >= 15 is 0 Å². The van der Waals surface area contributed by atoms with Crippen molar-refractivity contribution < 1.29 is 18.0 Å². The maximum atomic E-state index is 12.4. The lowest BCUT2D eigenvalue weighted by molar-refractivity contribution is -0.137. The molecule has 1 unspecified atom stereocenters. The Morgan fingerprint density at radius 1 is 1.50 bits per heavy atom. The van der Waals surface area contributed by atoms with Crippen LogP contribution in [0, 0.1) is 17.2 Å². The van der Waals surface area contributed by atoms with E-state index in [1.54, 1.807) is 6.07 Å². The minimum Gasteiger partial charge on any atom is -0.351 e. The molecule has 1 rings (SSSR count). The molecule has 1 atom stereocenters. The van der Waals surface area contributed by atoms with Gasteiger partial charge in [-0.05, 0) is 24.6 Å². The predicted molar refractivity (Wildman–Crippen MR) is 58.1 cm³/mol. The second-order valence-electron chi connectivity index (χ2n) is 3.77. The molecule has 1 amide bonds. The molecule has 0 fully saturated rings. The zero-order valence-corrected chi connectivity index (χ0v) is 9.58. The Balaban J connectivity index is 2.70. The van der Waals surface area contributed by atoms with Gasteiger partial charge in [0.05, 0.1) is 11.6 Å². The molecule has 1 aromatic carbocycles. The number of rotatable bonds is 3. The molecule has 1 N–H and O–H groups in total. The Bertz CT molecular complexity index is 477. The van der Waals surface area contributed by atoms with Crippen LogP contribution in [-0.2, 0) is 17.5 Å². The summed E-state index contributed by atoms with van der Waals surface area (Å²) in [6.45, 7) is 1.39. The van der Waals surface area contributed by atoms with E-state index in [4.69, 9.17) is 5.26 Å². The van der Waals surface area contributed by atoms with E-state index in [0.717, 1.165) is 12.1 Å². The fourth-order valence-electron chi connectivity index (χ4n) is 1.26. The molecule has 0 saturated heterocycles. The third-order valence-corrected chi connectivity index (χ3v) is 2.31. The summed E-state index contributed by atoms with van der Waals surface area (Å²) in [6, 6.07) is 6.43. The maximum Gasteiger partial charge on any atom is 0.416 e. The molecule has 0 aromatic heterocycles.